The number of carbonyl (C=O) groups is 3. The Labute approximate surface area is 258 Å². The van der Waals surface area contributed by atoms with Crippen molar-refractivity contribution in [2.45, 2.75) is 62.2 Å². The van der Waals surface area contributed by atoms with Crippen molar-refractivity contribution < 1.29 is 38.6 Å². The van der Waals surface area contributed by atoms with E-state index in [4.69, 9.17) is 14.2 Å². The summed E-state index contributed by atoms with van der Waals surface area (Å²) in [6.07, 6.45) is 1.11. The van der Waals surface area contributed by atoms with Gasteiger partial charge in [0.2, 0.25) is 5.91 Å². The van der Waals surface area contributed by atoms with Crippen LogP contribution >= 0.6 is 21.6 Å². The minimum absolute atomic E-state index is 0.0531. The monoisotopic (exact) mass is 638 g/mol. The predicted molar refractivity (Wildman–Crippen MR) is 162 cm³/mol. The average Bonchev–Trinajstić information content (AvgIpc) is 3.02. The van der Waals surface area contributed by atoms with Gasteiger partial charge in [-0.3, -0.25) is 24.5 Å². The maximum atomic E-state index is 12.5. The van der Waals surface area contributed by atoms with Crippen LogP contribution in [0.4, 0.5) is 5.69 Å². The van der Waals surface area contributed by atoms with Crippen molar-refractivity contribution in [3.63, 3.8) is 0 Å². The van der Waals surface area contributed by atoms with E-state index in [1.165, 1.54) is 30.2 Å². The Morgan fingerprint density at radius 3 is 2.42 bits per heavy atom. The number of hydrogen-bond acceptors (Lipinski definition) is 12. The fourth-order valence-electron chi connectivity index (χ4n) is 3.45. The standard InChI is InChI=1S/C28H38N4O9S2/c1-4-23(17-33)41-27(39-3)18-40-26(35)7-5-6-24(34)29-14-15-30-28(36)21-10-8-20(9-11-21)19(2)42-43-25-13-12-22(16-31-25)32(37)38/h8-13,16,19,23,27,33H,4-7,14-15,17-18H2,1-3H3,(H,29,34)(H,30,36). The maximum Gasteiger partial charge on any atom is 0.305 e. The lowest BCUT2D eigenvalue weighted by Crippen LogP contribution is -2.34. The Kier molecular flexibility index (Phi) is 16.6. The lowest BCUT2D eigenvalue weighted by atomic mass is 10.1. The fourth-order valence-corrected chi connectivity index (χ4v) is 5.54. The van der Waals surface area contributed by atoms with Crippen LogP contribution in [0.2, 0.25) is 0 Å². The smallest absolute Gasteiger partial charge is 0.305 e. The number of benzene rings is 1. The summed E-state index contributed by atoms with van der Waals surface area (Å²) in [5.41, 5.74) is 1.43. The van der Waals surface area contributed by atoms with Crippen molar-refractivity contribution in [3.8, 4) is 0 Å². The number of esters is 1. The summed E-state index contributed by atoms with van der Waals surface area (Å²) in [5, 5.41) is 26.2. The highest BCUT2D eigenvalue weighted by Crippen LogP contribution is 2.41. The Balaban J connectivity index is 1.61. The molecule has 2 aromatic rings. The third kappa shape index (κ3) is 13.7. The first-order chi connectivity index (χ1) is 20.7. The molecule has 1 aromatic heterocycles. The molecule has 0 bridgehead atoms. The van der Waals surface area contributed by atoms with Crippen LogP contribution in [-0.4, -0.2) is 78.6 Å². The second-order valence-electron chi connectivity index (χ2n) is 9.21. The highest BCUT2D eigenvalue weighted by atomic mass is 33.1. The number of nitro groups is 1. The molecule has 3 atom stereocenters. The second kappa shape index (κ2) is 19.9. The van der Waals surface area contributed by atoms with Crippen molar-refractivity contribution in [2.24, 2.45) is 0 Å². The van der Waals surface area contributed by atoms with Crippen molar-refractivity contribution >= 4 is 45.1 Å². The number of aliphatic hydroxyl groups excluding tert-OH is 1. The molecule has 15 heteroatoms. The Morgan fingerprint density at radius 1 is 1.09 bits per heavy atom. The highest BCUT2D eigenvalue weighted by molar-refractivity contribution is 8.76. The molecule has 0 saturated heterocycles. The number of hydrogen-bond donors (Lipinski definition) is 3. The van der Waals surface area contributed by atoms with Crippen molar-refractivity contribution in [3.05, 3.63) is 63.8 Å². The molecule has 3 unspecified atom stereocenters. The van der Waals surface area contributed by atoms with Gasteiger partial charge in [0.1, 0.15) is 17.8 Å². The van der Waals surface area contributed by atoms with E-state index in [0.717, 1.165) is 5.56 Å². The highest BCUT2D eigenvalue weighted by Gasteiger charge is 2.17. The fraction of sp³-hybridized carbons (Fsp3) is 0.500. The van der Waals surface area contributed by atoms with Crippen LogP contribution < -0.4 is 10.6 Å². The first-order valence-electron chi connectivity index (χ1n) is 13.7. The zero-order valence-electron chi connectivity index (χ0n) is 24.4. The third-order valence-electron chi connectivity index (χ3n) is 6.02. The first kappa shape index (κ1) is 36.0. The molecule has 0 aliphatic heterocycles. The van der Waals surface area contributed by atoms with Gasteiger partial charge in [0, 0.05) is 49.9 Å². The Morgan fingerprint density at radius 2 is 1.81 bits per heavy atom. The molecule has 0 saturated carbocycles. The number of pyridine rings is 1. The maximum absolute atomic E-state index is 12.5. The molecule has 43 heavy (non-hydrogen) atoms. The van der Waals surface area contributed by atoms with E-state index >= 15 is 0 Å². The van der Waals surface area contributed by atoms with E-state index in [1.54, 1.807) is 29.0 Å². The quantitative estimate of drug-likeness (QED) is 0.0478. The summed E-state index contributed by atoms with van der Waals surface area (Å²) < 4.78 is 15.7. The summed E-state index contributed by atoms with van der Waals surface area (Å²) in [7, 11) is 4.37. The summed E-state index contributed by atoms with van der Waals surface area (Å²) in [6, 6.07) is 10.2. The number of amides is 2. The van der Waals surface area contributed by atoms with Crippen LogP contribution in [0, 0.1) is 10.1 Å². The summed E-state index contributed by atoms with van der Waals surface area (Å²) in [4.78, 5) is 50.8. The number of carbonyl (C=O) groups excluding carboxylic acids is 3. The summed E-state index contributed by atoms with van der Waals surface area (Å²) in [6.45, 7) is 4.07. The number of aromatic nitrogens is 1. The van der Waals surface area contributed by atoms with E-state index in [-0.39, 0.29) is 61.9 Å². The number of aliphatic hydroxyl groups is 1. The van der Waals surface area contributed by atoms with Crippen LogP contribution in [0.5, 0.6) is 0 Å². The molecule has 3 N–H and O–H groups in total. The Bertz CT molecular complexity index is 1170. The van der Waals surface area contributed by atoms with Crippen LogP contribution in [0.15, 0.2) is 47.6 Å². The van der Waals surface area contributed by atoms with Gasteiger partial charge in [-0.1, -0.05) is 29.9 Å². The molecule has 0 aliphatic carbocycles. The topological polar surface area (TPSA) is 179 Å². The van der Waals surface area contributed by atoms with Gasteiger partial charge in [0.15, 0.2) is 6.29 Å². The second-order valence-corrected chi connectivity index (χ2v) is 11.8. The van der Waals surface area contributed by atoms with E-state index in [9.17, 15) is 29.6 Å². The normalized spacial score (nSPS) is 13.0. The number of nitrogens with one attached hydrogen (secondary N) is 2. The van der Waals surface area contributed by atoms with Crippen LogP contribution in [0.25, 0.3) is 0 Å². The van der Waals surface area contributed by atoms with Crippen molar-refractivity contribution in [1.82, 2.24) is 15.6 Å². The van der Waals surface area contributed by atoms with Crippen molar-refractivity contribution in [1.29, 1.82) is 0 Å². The molecule has 1 aromatic carbocycles. The zero-order chi connectivity index (χ0) is 31.6. The van der Waals surface area contributed by atoms with Gasteiger partial charge < -0.3 is 30.0 Å². The van der Waals surface area contributed by atoms with E-state index < -0.39 is 23.3 Å². The first-order valence-corrected chi connectivity index (χ1v) is 15.9. The lowest BCUT2D eigenvalue weighted by Gasteiger charge is -2.21. The molecule has 236 valence electrons. The molecule has 0 aliphatic rings. The van der Waals surface area contributed by atoms with E-state index in [0.29, 0.717) is 23.4 Å². The molecule has 1 heterocycles. The van der Waals surface area contributed by atoms with Crippen LogP contribution in [-0.2, 0) is 23.8 Å². The molecule has 0 fully saturated rings. The summed E-state index contributed by atoms with van der Waals surface area (Å²) >= 11 is 0. The largest absolute Gasteiger partial charge is 0.460 e. The minimum atomic E-state index is -0.779. The third-order valence-corrected chi connectivity index (χ3v) is 8.75. The van der Waals surface area contributed by atoms with Gasteiger partial charge in [-0.25, -0.2) is 4.98 Å². The minimum Gasteiger partial charge on any atom is -0.460 e. The molecular formula is C28H38N4O9S2. The number of rotatable bonds is 20. The zero-order valence-corrected chi connectivity index (χ0v) is 26.0. The molecule has 13 nitrogen and oxygen atoms in total. The molecule has 2 rings (SSSR count). The average molecular weight is 639 g/mol. The van der Waals surface area contributed by atoms with Crippen LogP contribution in [0.1, 0.15) is 60.7 Å². The number of ether oxygens (including phenoxy) is 3. The molecule has 0 spiro atoms. The van der Waals surface area contributed by atoms with Gasteiger partial charge in [0.25, 0.3) is 11.6 Å². The van der Waals surface area contributed by atoms with Gasteiger partial charge in [-0.05, 0) is 54.3 Å². The molecule has 0 radical (unpaired) electrons. The van der Waals surface area contributed by atoms with Gasteiger partial charge in [-0.15, -0.1) is 0 Å². The lowest BCUT2D eigenvalue weighted by molar-refractivity contribution is -0.385. The number of methoxy groups -OCH3 is 1. The summed E-state index contributed by atoms with van der Waals surface area (Å²) in [5.74, 6) is -0.996. The predicted octanol–water partition coefficient (Wildman–Crippen LogP) is 3.81. The van der Waals surface area contributed by atoms with E-state index in [2.05, 4.69) is 15.6 Å². The van der Waals surface area contributed by atoms with Gasteiger partial charge in [0.05, 0.1) is 17.6 Å². The van der Waals surface area contributed by atoms with E-state index in [1.807, 2.05) is 26.0 Å². The van der Waals surface area contributed by atoms with Gasteiger partial charge >= 0.3 is 5.97 Å². The SMILES string of the molecule is CCC(CO)OC(COC(=O)CCCC(=O)NCCNC(=O)c1ccc(C(C)SSc2ccc([N+](=O)[O-])cn2)cc1)OC. The Hall–Kier alpha value is -3.24. The number of nitrogens with zero attached hydrogens (tertiary/aromatic N) is 2. The molecule has 2 amide bonds. The van der Waals surface area contributed by atoms with Crippen molar-refractivity contribution in [2.75, 3.05) is 33.4 Å². The van der Waals surface area contributed by atoms with Crippen LogP contribution in [0.3, 0.4) is 0 Å². The molecular weight excluding hydrogens is 600 g/mol. The van der Waals surface area contributed by atoms with Gasteiger partial charge in [-0.2, -0.15) is 0 Å².